The van der Waals surface area contributed by atoms with E-state index in [9.17, 15) is 0 Å². The average Bonchev–Trinajstić information content (AvgIpc) is 2.98. The van der Waals surface area contributed by atoms with Crippen LogP contribution in [-0.4, -0.2) is 25.2 Å². The Balaban J connectivity index is 1.83. The molecule has 2 aromatic carbocycles. The molecule has 0 saturated heterocycles. The molecule has 0 N–H and O–H groups in total. The van der Waals surface area contributed by atoms with Gasteiger partial charge in [0, 0.05) is 25.8 Å². The van der Waals surface area contributed by atoms with Crippen molar-refractivity contribution in [3.05, 3.63) is 58.8 Å². The van der Waals surface area contributed by atoms with Crippen molar-refractivity contribution in [2.45, 2.75) is 29.5 Å². The summed E-state index contributed by atoms with van der Waals surface area (Å²) in [6.45, 7) is 2.73. The van der Waals surface area contributed by atoms with Gasteiger partial charge in [0.2, 0.25) is 0 Å². The minimum atomic E-state index is 0.0976. The summed E-state index contributed by atoms with van der Waals surface area (Å²) < 4.78 is 6.09. The van der Waals surface area contributed by atoms with Crippen molar-refractivity contribution < 1.29 is 4.74 Å². The highest BCUT2D eigenvalue weighted by molar-refractivity contribution is 7.99. The van der Waals surface area contributed by atoms with E-state index in [2.05, 4.69) is 65.7 Å². The predicted molar refractivity (Wildman–Crippen MR) is 107 cm³/mol. The third-order valence-corrected chi connectivity index (χ3v) is 6.72. The van der Waals surface area contributed by atoms with Crippen molar-refractivity contribution in [3.63, 3.8) is 0 Å². The first-order valence-electron chi connectivity index (χ1n) is 8.40. The zero-order chi connectivity index (χ0) is 17.4. The van der Waals surface area contributed by atoms with Gasteiger partial charge in [-0.15, -0.1) is 11.3 Å². The Kier molecular flexibility index (Phi) is 4.69. The molecule has 4 heteroatoms. The summed E-state index contributed by atoms with van der Waals surface area (Å²) in [6, 6.07) is 17.4. The molecule has 1 aromatic heterocycles. The van der Waals surface area contributed by atoms with Crippen molar-refractivity contribution in [3.8, 4) is 22.3 Å². The molecule has 4 rings (SSSR count). The quantitative estimate of drug-likeness (QED) is 0.412. The molecule has 1 aliphatic heterocycles. The van der Waals surface area contributed by atoms with Gasteiger partial charge in [0.25, 0.3) is 0 Å². The van der Waals surface area contributed by atoms with E-state index in [1.807, 2.05) is 25.9 Å². The van der Waals surface area contributed by atoms with E-state index in [0.29, 0.717) is 6.61 Å². The predicted octanol–water partition coefficient (Wildman–Crippen LogP) is 5.97. The molecule has 1 atom stereocenters. The highest BCUT2D eigenvalue weighted by Crippen LogP contribution is 2.50. The molecule has 0 radical (unpaired) electrons. The molecular formula is C21H21NOS2. The second-order valence-corrected chi connectivity index (χ2v) is 8.46. The van der Waals surface area contributed by atoms with Gasteiger partial charge >= 0.3 is 0 Å². The third kappa shape index (κ3) is 3.15. The van der Waals surface area contributed by atoms with Gasteiger partial charge in [-0.2, -0.15) is 0 Å². The average molecular weight is 368 g/mol. The summed E-state index contributed by atoms with van der Waals surface area (Å²) in [5.41, 5.74) is 5.30. The van der Waals surface area contributed by atoms with Gasteiger partial charge in [-0.3, -0.25) is 4.90 Å². The van der Waals surface area contributed by atoms with Crippen LogP contribution >= 0.6 is 23.1 Å². The van der Waals surface area contributed by atoms with E-state index in [4.69, 9.17) is 4.74 Å². The number of thiophene rings is 1. The van der Waals surface area contributed by atoms with Gasteiger partial charge in [-0.25, -0.2) is 0 Å². The van der Waals surface area contributed by atoms with Crippen LogP contribution in [-0.2, 0) is 11.3 Å². The summed E-state index contributed by atoms with van der Waals surface area (Å²) >= 11 is 3.66. The van der Waals surface area contributed by atoms with Crippen molar-refractivity contribution in [1.29, 1.82) is 0 Å². The lowest BCUT2D eigenvalue weighted by atomic mass is 9.97. The lowest BCUT2D eigenvalue weighted by Gasteiger charge is -2.20. The van der Waals surface area contributed by atoms with E-state index < -0.39 is 0 Å². The number of rotatable bonds is 4. The maximum Gasteiger partial charge on any atom is 0.107 e. The molecule has 3 aromatic rings. The minimum absolute atomic E-state index is 0.0976. The fourth-order valence-corrected chi connectivity index (χ4v) is 5.08. The maximum atomic E-state index is 6.09. The van der Waals surface area contributed by atoms with Crippen LogP contribution in [0.3, 0.4) is 0 Å². The van der Waals surface area contributed by atoms with Gasteiger partial charge in [0.1, 0.15) is 6.23 Å². The topological polar surface area (TPSA) is 12.5 Å². The van der Waals surface area contributed by atoms with Gasteiger partial charge in [-0.1, -0.05) is 48.2 Å². The third-order valence-electron chi connectivity index (χ3n) is 4.60. The summed E-state index contributed by atoms with van der Waals surface area (Å²) in [6.07, 6.45) is 0.0976. The normalized spacial score (nSPS) is 13.8. The molecule has 2 nitrogen and oxygen atoms in total. The van der Waals surface area contributed by atoms with Crippen molar-refractivity contribution >= 4 is 23.1 Å². The molecule has 1 aliphatic rings. The van der Waals surface area contributed by atoms with Crippen LogP contribution in [0.25, 0.3) is 22.3 Å². The van der Waals surface area contributed by atoms with Crippen LogP contribution in [0.1, 0.15) is 11.8 Å². The first-order valence-corrected chi connectivity index (χ1v) is 10.1. The Morgan fingerprint density at radius 2 is 1.56 bits per heavy atom. The van der Waals surface area contributed by atoms with Crippen molar-refractivity contribution in [2.24, 2.45) is 0 Å². The fourth-order valence-electron chi connectivity index (χ4n) is 3.00. The highest BCUT2D eigenvalue weighted by atomic mass is 32.2. The molecule has 0 aliphatic carbocycles. The number of fused-ring (bicyclic) bond motifs is 5. The van der Waals surface area contributed by atoms with Crippen LogP contribution < -0.4 is 0 Å². The Hall–Kier alpha value is -1.59. The highest BCUT2D eigenvalue weighted by Gasteiger charge is 2.23. The number of hydrogen-bond donors (Lipinski definition) is 0. The molecule has 0 fully saturated rings. The molecule has 0 amide bonds. The van der Waals surface area contributed by atoms with Crippen LogP contribution in [0.4, 0.5) is 0 Å². The van der Waals surface area contributed by atoms with Crippen LogP contribution in [0, 0.1) is 0 Å². The molecule has 0 bridgehead atoms. The first kappa shape index (κ1) is 16.9. The van der Waals surface area contributed by atoms with E-state index >= 15 is 0 Å². The number of benzene rings is 2. The standard InChI is InChI=1S/C21H21NOS2/c1-14(22(2)3)23-12-20-21-16-9-5-7-11-19(16)25-18-10-6-4-8-15(18)17(21)13-24-20/h4-11,13-14H,12H2,1-3H3. The van der Waals surface area contributed by atoms with Gasteiger partial charge in [0.05, 0.1) is 6.61 Å². The van der Waals surface area contributed by atoms with Gasteiger partial charge in [-0.05, 0) is 49.7 Å². The zero-order valence-electron chi connectivity index (χ0n) is 14.7. The Morgan fingerprint density at radius 3 is 2.28 bits per heavy atom. The molecule has 0 spiro atoms. The second-order valence-electron chi connectivity index (χ2n) is 6.42. The summed E-state index contributed by atoms with van der Waals surface area (Å²) in [5.74, 6) is 0. The molecule has 25 heavy (non-hydrogen) atoms. The van der Waals surface area contributed by atoms with Crippen molar-refractivity contribution in [2.75, 3.05) is 14.1 Å². The summed E-state index contributed by atoms with van der Waals surface area (Å²) in [7, 11) is 4.09. The summed E-state index contributed by atoms with van der Waals surface area (Å²) in [5, 5.41) is 2.29. The molecule has 128 valence electrons. The lowest BCUT2D eigenvalue weighted by molar-refractivity contribution is -0.0316. The van der Waals surface area contributed by atoms with Crippen molar-refractivity contribution in [1.82, 2.24) is 4.90 Å². The Bertz CT molecular complexity index is 900. The monoisotopic (exact) mass is 367 g/mol. The number of nitrogens with zero attached hydrogens (tertiary/aromatic N) is 1. The molecule has 2 heterocycles. The summed E-state index contributed by atoms with van der Waals surface area (Å²) in [4.78, 5) is 6.02. The van der Waals surface area contributed by atoms with Crippen LogP contribution in [0.15, 0.2) is 63.7 Å². The number of hydrogen-bond acceptors (Lipinski definition) is 4. The second kappa shape index (κ2) is 6.96. The van der Waals surface area contributed by atoms with E-state index in [1.54, 1.807) is 11.3 Å². The SMILES string of the molecule is CC(OCc1scc2c1-c1ccccc1Sc1ccccc1-2)N(C)C. The molecule has 1 unspecified atom stereocenters. The Labute approximate surface area is 157 Å². The number of ether oxygens (including phenoxy) is 1. The van der Waals surface area contributed by atoms with E-state index in [-0.39, 0.29) is 6.23 Å². The van der Waals surface area contributed by atoms with Gasteiger partial charge < -0.3 is 4.74 Å². The first-order chi connectivity index (χ1) is 12.1. The van der Waals surface area contributed by atoms with Crippen LogP contribution in [0.5, 0.6) is 0 Å². The van der Waals surface area contributed by atoms with E-state index in [0.717, 1.165) is 0 Å². The largest absolute Gasteiger partial charge is 0.358 e. The minimum Gasteiger partial charge on any atom is -0.358 e. The fraction of sp³-hybridized carbons (Fsp3) is 0.238. The smallest absolute Gasteiger partial charge is 0.107 e. The zero-order valence-corrected chi connectivity index (χ0v) is 16.3. The van der Waals surface area contributed by atoms with Crippen LogP contribution in [0.2, 0.25) is 0 Å². The maximum absolute atomic E-state index is 6.09. The molecular weight excluding hydrogens is 346 g/mol. The van der Waals surface area contributed by atoms with Gasteiger partial charge in [0.15, 0.2) is 0 Å². The lowest BCUT2D eigenvalue weighted by Crippen LogP contribution is -2.27. The van der Waals surface area contributed by atoms with E-state index in [1.165, 1.54) is 36.9 Å². The Morgan fingerprint density at radius 1 is 0.920 bits per heavy atom. The molecule has 0 saturated carbocycles.